The van der Waals surface area contributed by atoms with Crippen LogP contribution in [-0.2, 0) is 0 Å². The number of nitro benzene ring substituents is 1. The molecule has 0 spiro atoms. The second-order valence-corrected chi connectivity index (χ2v) is 5.18. The molecule has 0 amide bonds. The molecule has 17 heavy (non-hydrogen) atoms. The Bertz CT molecular complexity index is 401. The molecule has 1 rings (SSSR count). The molecule has 94 valence electrons. The minimum atomic E-state index is -0.452. The van der Waals surface area contributed by atoms with Gasteiger partial charge in [0.05, 0.1) is 15.6 Å². The molecule has 0 radical (unpaired) electrons. The van der Waals surface area contributed by atoms with Crippen LogP contribution in [0.25, 0.3) is 0 Å². The number of benzene rings is 1. The number of nitrogens with zero attached hydrogens (tertiary/aromatic N) is 1. The van der Waals surface area contributed by atoms with Crippen LogP contribution in [0.1, 0.15) is 6.92 Å². The first-order valence-electron chi connectivity index (χ1n) is 5.21. The fourth-order valence-corrected chi connectivity index (χ4v) is 2.32. The lowest BCUT2D eigenvalue weighted by Crippen LogP contribution is -2.13. The number of nitro groups is 1. The minimum Gasteiger partial charge on any atom is -0.384 e. The summed E-state index contributed by atoms with van der Waals surface area (Å²) in [5.41, 5.74) is 0.753. The number of nitrogens with one attached hydrogen (secondary N) is 1. The van der Waals surface area contributed by atoms with Crippen LogP contribution < -0.4 is 5.32 Å². The number of hydrogen-bond donors (Lipinski definition) is 1. The minimum absolute atomic E-state index is 0.0118. The molecular weight excluding hydrogens is 260 g/mol. The fraction of sp³-hybridized carbons (Fsp3) is 0.455. The number of non-ortho nitro benzene ring substituents is 1. The van der Waals surface area contributed by atoms with Crippen LogP contribution >= 0.6 is 23.4 Å². The van der Waals surface area contributed by atoms with Gasteiger partial charge in [0.2, 0.25) is 0 Å². The maximum Gasteiger partial charge on any atom is 0.271 e. The maximum atomic E-state index is 10.5. The van der Waals surface area contributed by atoms with E-state index >= 15 is 0 Å². The topological polar surface area (TPSA) is 55.2 Å². The molecule has 0 fully saturated rings. The molecule has 0 saturated carbocycles. The standard InChI is InChI=1S/C11H15ClN2O2S/c1-8(7-17-2)6-13-11-4-3-9(14(15)16)5-10(11)12/h3-5,8,13H,6-7H2,1-2H3. The van der Waals surface area contributed by atoms with Gasteiger partial charge in [-0.3, -0.25) is 10.1 Å². The van der Waals surface area contributed by atoms with Crippen molar-refractivity contribution in [3.63, 3.8) is 0 Å². The van der Waals surface area contributed by atoms with Gasteiger partial charge in [0, 0.05) is 18.7 Å². The summed E-state index contributed by atoms with van der Waals surface area (Å²) in [4.78, 5) is 10.1. The van der Waals surface area contributed by atoms with Crippen molar-refractivity contribution in [1.82, 2.24) is 0 Å². The van der Waals surface area contributed by atoms with E-state index in [1.165, 1.54) is 12.1 Å². The molecule has 0 bridgehead atoms. The average molecular weight is 275 g/mol. The molecule has 0 aliphatic heterocycles. The molecule has 1 aromatic carbocycles. The first-order chi connectivity index (χ1) is 8.04. The van der Waals surface area contributed by atoms with Gasteiger partial charge >= 0.3 is 0 Å². The van der Waals surface area contributed by atoms with E-state index < -0.39 is 4.92 Å². The Labute approximate surface area is 110 Å². The number of rotatable bonds is 6. The van der Waals surface area contributed by atoms with Crippen molar-refractivity contribution in [3.8, 4) is 0 Å². The summed E-state index contributed by atoms with van der Waals surface area (Å²) in [6.45, 7) is 2.95. The molecule has 0 saturated heterocycles. The maximum absolute atomic E-state index is 10.5. The van der Waals surface area contributed by atoms with Crippen molar-refractivity contribution in [2.45, 2.75) is 6.92 Å². The first kappa shape index (κ1) is 14.1. The van der Waals surface area contributed by atoms with Crippen molar-refractivity contribution in [2.24, 2.45) is 5.92 Å². The van der Waals surface area contributed by atoms with E-state index in [1.54, 1.807) is 17.8 Å². The van der Waals surface area contributed by atoms with Gasteiger partial charge in [-0.25, -0.2) is 0 Å². The number of halogens is 1. The van der Waals surface area contributed by atoms with Crippen molar-refractivity contribution in [1.29, 1.82) is 0 Å². The number of thioether (sulfide) groups is 1. The summed E-state index contributed by atoms with van der Waals surface area (Å²) in [5, 5.41) is 14.1. The van der Waals surface area contributed by atoms with E-state index in [1.807, 2.05) is 0 Å². The Morgan fingerprint density at radius 2 is 2.29 bits per heavy atom. The molecule has 0 heterocycles. The van der Waals surface area contributed by atoms with Gasteiger partial charge in [0.15, 0.2) is 0 Å². The molecule has 0 aromatic heterocycles. The van der Waals surface area contributed by atoms with E-state index in [4.69, 9.17) is 11.6 Å². The summed E-state index contributed by atoms with van der Waals surface area (Å²) in [6, 6.07) is 4.46. The Morgan fingerprint density at radius 3 is 2.82 bits per heavy atom. The van der Waals surface area contributed by atoms with Crippen molar-refractivity contribution in [2.75, 3.05) is 23.9 Å². The molecule has 4 nitrogen and oxygen atoms in total. The highest BCUT2D eigenvalue weighted by Crippen LogP contribution is 2.26. The summed E-state index contributed by atoms with van der Waals surface area (Å²) in [5.74, 6) is 1.59. The Morgan fingerprint density at radius 1 is 1.59 bits per heavy atom. The second-order valence-electron chi connectivity index (χ2n) is 3.86. The van der Waals surface area contributed by atoms with Crippen LogP contribution in [0.4, 0.5) is 11.4 Å². The zero-order valence-electron chi connectivity index (χ0n) is 9.77. The van der Waals surface area contributed by atoms with Crippen molar-refractivity contribution >= 4 is 34.7 Å². The average Bonchev–Trinajstić information content (AvgIpc) is 2.27. The van der Waals surface area contributed by atoms with Crippen LogP contribution in [0.2, 0.25) is 5.02 Å². The predicted octanol–water partition coefficient (Wildman–Crippen LogP) is 3.66. The van der Waals surface area contributed by atoms with E-state index in [2.05, 4.69) is 18.5 Å². The van der Waals surface area contributed by atoms with Crippen LogP contribution in [0.5, 0.6) is 0 Å². The summed E-state index contributed by atoms with van der Waals surface area (Å²) in [6.07, 6.45) is 2.06. The predicted molar refractivity (Wildman–Crippen MR) is 74.1 cm³/mol. The number of hydrogen-bond acceptors (Lipinski definition) is 4. The molecule has 1 unspecified atom stereocenters. The van der Waals surface area contributed by atoms with Gasteiger partial charge in [0.25, 0.3) is 5.69 Å². The van der Waals surface area contributed by atoms with Crippen LogP contribution in [-0.4, -0.2) is 23.5 Å². The van der Waals surface area contributed by atoms with E-state index in [-0.39, 0.29) is 5.69 Å². The molecule has 6 heteroatoms. The third-order valence-electron chi connectivity index (χ3n) is 2.26. The van der Waals surface area contributed by atoms with Gasteiger partial charge in [-0.2, -0.15) is 11.8 Å². The van der Waals surface area contributed by atoms with Gasteiger partial charge in [0.1, 0.15) is 0 Å². The van der Waals surface area contributed by atoms with Crippen molar-refractivity contribution in [3.05, 3.63) is 33.3 Å². The normalized spacial score (nSPS) is 12.2. The SMILES string of the molecule is CSCC(C)CNc1ccc([N+](=O)[O-])cc1Cl. The first-order valence-corrected chi connectivity index (χ1v) is 6.98. The third kappa shape index (κ3) is 4.44. The third-order valence-corrected chi connectivity index (χ3v) is 3.47. The van der Waals surface area contributed by atoms with Crippen molar-refractivity contribution < 1.29 is 4.92 Å². The highest BCUT2D eigenvalue weighted by molar-refractivity contribution is 7.98. The molecular formula is C11H15ClN2O2S. The highest BCUT2D eigenvalue weighted by Gasteiger charge is 2.09. The molecule has 0 aliphatic rings. The molecule has 1 atom stereocenters. The molecule has 1 N–H and O–H groups in total. The Balaban J connectivity index is 2.63. The van der Waals surface area contributed by atoms with E-state index in [9.17, 15) is 10.1 Å². The number of anilines is 1. The quantitative estimate of drug-likeness (QED) is 0.635. The second kappa shape index (κ2) is 6.71. The fourth-order valence-electron chi connectivity index (χ4n) is 1.39. The lowest BCUT2D eigenvalue weighted by molar-refractivity contribution is -0.384. The van der Waals surface area contributed by atoms with E-state index in [0.29, 0.717) is 10.9 Å². The lowest BCUT2D eigenvalue weighted by atomic mass is 10.2. The van der Waals surface area contributed by atoms with Crippen LogP contribution in [0.3, 0.4) is 0 Å². The summed E-state index contributed by atoms with van der Waals surface area (Å²) in [7, 11) is 0. The van der Waals surface area contributed by atoms with Gasteiger partial charge in [-0.1, -0.05) is 18.5 Å². The van der Waals surface area contributed by atoms with E-state index in [0.717, 1.165) is 18.0 Å². The van der Waals surface area contributed by atoms with Crippen LogP contribution in [0.15, 0.2) is 18.2 Å². The van der Waals surface area contributed by atoms with Gasteiger partial charge < -0.3 is 5.32 Å². The largest absolute Gasteiger partial charge is 0.384 e. The monoisotopic (exact) mass is 274 g/mol. The smallest absolute Gasteiger partial charge is 0.271 e. The lowest BCUT2D eigenvalue weighted by Gasteiger charge is -2.13. The van der Waals surface area contributed by atoms with Crippen LogP contribution in [0, 0.1) is 16.0 Å². The molecule has 1 aromatic rings. The van der Waals surface area contributed by atoms with Gasteiger partial charge in [-0.15, -0.1) is 0 Å². The highest BCUT2D eigenvalue weighted by atomic mass is 35.5. The summed E-state index contributed by atoms with van der Waals surface area (Å²) >= 11 is 7.75. The zero-order valence-corrected chi connectivity index (χ0v) is 11.3. The zero-order chi connectivity index (χ0) is 12.8. The Hall–Kier alpha value is -0.940. The Kier molecular flexibility index (Phi) is 5.58. The summed E-state index contributed by atoms with van der Waals surface area (Å²) < 4.78 is 0. The molecule has 0 aliphatic carbocycles. The van der Waals surface area contributed by atoms with Gasteiger partial charge in [-0.05, 0) is 24.0 Å².